The van der Waals surface area contributed by atoms with Gasteiger partial charge in [-0.1, -0.05) is 0 Å². The van der Waals surface area contributed by atoms with E-state index in [4.69, 9.17) is 4.74 Å². The van der Waals surface area contributed by atoms with Gasteiger partial charge >= 0.3 is 0 Å². The quantitative estimate of drug-likeness (QED) is 0.477. The minimum absolute atomic E-state index is 0.0394. The van der Waals surface area contributed by atoms with Crippen molar-refractivity contribution in [2.24, 2.45) is 0 Å². The molecule has 150 valence electrons. The van der Waals surface area contributed by atoms with E-state index in [1.807, 2.05) is 34.7 Å². The van der Waals surface area contributed by atoms with Crippen LogP contribution in [-0.4, -0.2) is 62.9 Å². The van der Waals surface area contributed by atoms with E-state index in [1.54, 1.807) is 17.0 Å². The van der Waals surface area contributed by atoms with Crippen LogP contribution in [0.25, 0.3) is 5.65 Å². The lowest BCUT2D eigenvalue weighted by Gasteiger charge is -2.35. The molecule has 10 heteroatoms. The fraction of sp³-hybridized carbons (Fsp3) is 0.316. The van der Waals surface area contributed by atoms with E-state index in [2.05, 4.69) is 9.97 Å². The van der Waals surface area contributed by atoms with Gasteiger partial charge < -0.3 is 18.9 Å². The Bertz CT molecular complexity index is 1040. The summed E-state index contributed by atoms with van der Waals surface area (Å²) in [6, 6.07) is 6.72. The molecule has 4 heterocycles. The summed E-state index contributed by atoms with van der Waals surface area (Å²) >= 11 is 0. The number of carbonyl (C=O) groups excluding carboxylic acids is 1. The smallest absolute Gasteiger partial charge is 0.287 e. The molecule has 1 aliphatic rings. The van der Waals surface area contributed by atoms with Crippen LogP contribution in [0.5, 0.6) is 5.75 Å². The maximum absolute atomic E-state index is 12.5. The molecular formula is C19H20N6O4. The molecule has 0 aliphatic carbocycles. The Morgan fingerprint density at radius 1 is 1.24 bits per heavy atom. The van der Waals surface area contributed by atoms with E-state index in [0.717, 1.165) is 5.69 Å². The Hall–Kier alpha value is -3.69. The Morgan fingerprint density at radius 2 is 2.03 bits per heavy atom. The number of nitro groups is 1. The molecule has 1 saturated heterocycles. The summed E-state index contributed by atoms with van der Waals surface area (Å²) in [5.41, 5.74) is 1.53. The summed E-state index contributed by atoms with van der Waals surface area (Å²) in [4.78, 5) is 35.1. The number of carbonyl (C=O) groups is 1. The molecule has 1 amide bonds. The molecule has 29 heavy (non-hydrogen) atoms. The van der Waals surface area contributed by atoms with Crippen molar-refractivity contribution in [2.45, 2.75) is 6.92 Å². The largest absolute Gasteiger partial charge is 0.480 e. The van der Waals surface area contributed by atoms with Crippen LogP contribution in [0.4, 0.5) is 11.5 Å². The summed E-state index contributed by atoms with van der Waals surface area (Å²) in [5.74, 6) is 1.15. The number of pyridine rings is 2. The number of nitrogens with zero attached hydrogens (tertiary/aromatic N) is 6. The first kappa shape index (κ1) is 18.7. The minimum Gasteiger partial charge on any atom is -0.480 e. The molecule has 4 rings (SSSR count). The molecule has 0 N–H and O–H groups in total. The number of aryl methyl sites for hydroxylation is 1. The van der Waals surface area contributed by atoms with Gasteiger partial charge in [-0.2, -0.15) is 0 Å². The number of amides is 1. The average Bonchev–Trinajstić information content (AvgIpc) is 3.13. The van der Waals surface area contributed by atoms with Crippen molar-refractivity contribution < 1.29 is 14.5 Å². The van der Waals surface area contributed by atoms with Crippen LogP contribution in [0.2, 0.25) is 0 Å². The van der Waals surface area contributed by atoms with Crippen molar-refractivity contribution in [2.75, 3.05) is 37.7 Å². The van der Waals surface area contributed by atoms with E-state index in [-0.39, 0.29) is 18.2 Å². The van der Waals surface area contributed by atoms with E-state index in [0.29, 0.717) is 43.4 Å². The van der Waals surface area contributed by atoms with E-state index in [9.17, 15) is 14.9 Å². The number of anilines is 1. The van der Waals surface area contributed by atoms with Gasteiger partial charge in [-0.3, -0.25) is 14.9 Å². The molecule has 1 aliphatic heterocycles. The third-order valence-electron chi connectivity index (χ3n) is 4.82. The molecule has 3 aromatic rings. The van der Waals surface area contributed by atoms with Crippen LogP contribution in [-0.2, 0) is 4.79 Å². The molecule has 0 unspecified atom stereocenters. The van der Waals surface area contributed by atoms with Gasteiger partial charge in [0.2, 0.25) is 0 Å². The number of piperazine rings is 1. The van der Waals surface area contributed by atoms with Gasteiger partial charge in [-0.15, -0.1) is 0 Å². The van der Waals surface area contributed by atoms with Crippen molar-refractivity contribution in [3.63, 3.8) is 0 Å². The minimum atomic E-state index is -0.474. The number of hydrogen-bond acceptors (Lipinski definition) is 7. The SMILES string of the molecule is Cc1cn2cccc(OCC(=O)N3CCN(c4ccc([N+](=O)[O-])cn4)CC3)c2n1. The van der Waals surface area contributed by atoms with Crippen molar-refractivity contribution in [3.05, 3.63) is 58.7 Å². The average molecular weight is 396 g/mol. The van der Waals surface area contributed by atoms with Crippen molar-refractivity contribution in [1.29, 1.82) is 0 Å². The molecule has 0 saturated carbocycles. The van der Waals surface area contributed by atoms with Gasteiger partial charge in [-0.05, 0) is 25.1 Å². The second kappa shape index (κ2) is 7.74. The zero-order chi connectivity index (χ0) is 20.4. The maximum atomic E-state index is 12.5. The summed E-state index contributed by atoms with van der Waals surface area (Å²) in [6.07, 6.45) is 5.03. The van der Waals surface area contributed by atoms with Crippen molar-refractivity contribution in [1.82, 2.24) is 19.3 Å². The molecule has 3 aromatic heterocycles. The van der Waals surface area contributed by atoms with Crippen LogP contribution in [0.15, 0.2) is 42.9 Å². The second-order valence-electron chi connectivity index (χ2n) is 6.77. The summed E-state index contributed by atoms with van der Waals surface area (Å²) < 4.78 is 7.60. The van der Waals surface area contributed by atoms with Gasteiger partial charge in [0.25, 0.3) is 11.6 Å². The third kappa shape index (κ3) is 3.96. The van der Waals surface area contributed by atoms with Crippen molar-refractivity contribution in [3.8, 4) is 5.75 Å². The zero-order valence-electron chi connectivity index (χ0n) is 15.9. The Kier molecular flexibility index (Phi) is 4.98. The highest BCUT2D eigenvalue weighted by Crippen LogP contribution is 2.20. The van der Waals surface area contributed by atoms with Crippen LogP contribution in [0, 0.1) is 17.0 Å². The first-order valence-corrected chi connectivity index (χ1v) is 9.21. The molecule has 0 bridgehead atoms. The molecule has 0 aromatic carbocycles. The van der Waals surface area contributed by atoms with Gasteiger partial charge in [0.05, 0.1) is 10.6 Å². The molecule has 1 fully saturated rings. The van der Waals surface area contributed by atoms with E-state index >= 15 is 0 Å². The fourth-order valence-corrected chi connectivity index (χ4v) is 3.31. The van der Waals surface area contributed by atoms with Crippen LogP contribution < -0.4 is 9.64 Å². The lowest BCUT2D eigenvalue weighted by atomic mass is 10.3. The van der Waals surface area contributed by atoms with Crippen LogP contribution >= 0.6 is 0 Å². The molecule has 0 atom stereocenters. The lowest BCUT2D eigenvalue weighted by Crippen LogP contribution is -2.50. The topological polar surface area (TPSA) is 106 Å². The predicted molar refractivity (Wildman–Crippen MR) is 105 cm³/mol. The Labute approximate surface area is 166 Å². The third-order valence-corrected chi connectivity index (χ3v) is 4.82. The van der Waals surface area contributed by atoms with Crippen LogP contribution in [0.1, 0.15) is 5.69 Å². The molecule has 10 nitrogen and oxygen atoms in total. The second-order valence-corrected chi connectivity index (χ2v) is 6.77. The van der Waals surface area contributed by atoms with E-state index in [1.165, 1.54) is 12.3 Å². The summed E-state index contributed by atoms with van der Waals surface area (Å²) in [7, 11) is 0. The number of imidazole rings is 1. The van der Waals surface area contributed by atoms with Gasteiger partial charge in [0.1, 0.15) is 12.0 Å². The monoisotopic (exact) mass is 396 g/mol. The van der Waals surface area contributed by atoms with Gasteiger partial charge in [0.15, 0.2) is 18.0 Å². The lowest BCUT2D eigenvalue weighted by molar-refractivity contribution is -0.385. The van der Waals surface area contributed by atoms with E-state index < -0.39 is 4.92 Å². The number of aromatic nitrogens is 3. The Balaban J connectivity index is 1.32. The summed E-state index contributed by atoms with van der Waals surface area (Å²) in [5, 5.41) is 10.7. The predicted octanol–water partition coefficient (Wildman–Crippen LogP) is 1.67. The maximum Gasteiger partial charge on any atom is 0.287 e. The number of hydrogen-bond donors (Lipinski definition) is 0. The number of ether oxygens (including phenoxy) is 1. The molecule has 0 radical (unpaired) electrons. The first-order chi connectivity index (χ1) is 14.0. The zero-order valence-corrected chi connectivity index (χ0v) is 15.9. The first-order valence-electron chi connectivity index (χ1n) is 9.21. The standard InChI is InChI=1S/C19H20N6O4/c1-14-12-24-6-2-3-16(19(24)21-14)29-13-18(26)23-9-7-22(8-10-23)17-5-4-15(11-20-17)25(27)28/h2-6,11-12H,7-10,13H2,1H3. The van der Waals surface area contributed by atoms with Gasteiger partial charge in [-0.25, -0.2) is 9.97 Å². The fourth-order valence-electron chi connectivity index (χ4n) is 3.31. The highest BCUT2D eigenvalue weighted by atomic mass is 16.6. The Morgan fingerprint density at radius 3 is 2.72 bits per heavy atom. The highest BCUT2D eigenvalue weighted by molar-refractivity contribution is 5.78. The van der Waals surface area contributed by atoms with Crippen LogP contribution in [0.3, 0.4) is 0 Å². The molecular weight excluding hydrogens is 376 g/mol. The normalized spacial score (nSPS) is 14.2. The summed E-state index contributed by atoms with van der Waals surface area (Å²) in [6.45, 7) is 4.13. The van der Waals surface area contributed by atoms with Crippen molar-refractivity contribution >= 4 is 23.1 Å². The van der Waals surface area contributed by atoms with Gasteiger partial charge in [0, 0.05) is 44.6 Å². The molecule has 0 spiro atoms. The number of rotatable bonds is 5. The highest BCUT2D eigenvalue weighted by Gasteiger charge is 2.23. The number of fused-ring (bicyclic) bond motifs is 1.